The van der Waals surface area contributed by atoms with Gasteiger partial charge in [-0.2, -0.15) is 0 Å². The lowest BCUT2D eigenvalue weighted by molar-refractivity contribution is -0.180. The van der Waals surface area contributed by atoms with Gasteiger partial charge in [0.2, 0.25) is 5.79 Å². The highest BCUT2D eigenvalue weighted by Gasteiger charge is 2.27. The van der Waals surface area contributed by atoms with E-state index in [-0.39, 0.29) is 5.41 Å². The molecule has 0 radical (unpaired) electrons. The van der Waals surface area contributed by atoms with Crippen molar-refractivity contribution in [2.24, 2.45) is 0 Å². The van der Waals surface area contributed by atoms with E-state index in [9.17, 15) is 5.11 Å². The zero-order chi connectivity index (χ0) is 25.2. The van der Waals surface area contributed by atoms with Gasteiger partial charge in [0.1, 0.15) is 5.75 Å². The molecule has 5 nitrogen and oxygen atoms in total. The summed E-state index contributed by atoms with van der Waals surface area (Å²) in [7, 11) is 0. The van der Waals surface area contributed by atoms with E-state index in [0.717, 1.165) is 62.3 Å². The van der Waals surface area contributed by atoms with E-state index in [2.05, 4.69) is 49.5 Å². The van der Waals surface area contributed by atoms with Crippen molar-refractivity contribution >= 4 is 0 Å². The zero-order valence-electron chi connectivity index (χ0n) is 22.1. The van der Waals surface area contributed by atoms with Crippen molar-refractivity contribution in [1.82, 2.24) is 5.32 Å². The van der Waals surface area contributed by atoms with Gasteiger partial charge >= 0.3 is 0 Å². The van der Waals surface area contributed by atoms with Crippen molar-refractivity contribution in [3.63, 3.8) is 0 Å². The van der Waals surface area contributed by atoms with Gasteiger partial charge in [0.05, 0.1) is 12.7 Å². The Bertz CT molecular complexity index is 881. The van der Waals surface area contributed by atoms with Crippen molar-refractivity contribution < 1.29 is 19.3 Å². The second-order valence-corrected chi connectivity index (χ2v) is 10.8. The molecule has 194 valence electrons. The molecular formula is C30H45NO4. The van der Waals surface area contributed by atoms with E-state index in [1.54, 1.807) is 0 Å². The van der Waals surface area contributed by atoms with Crippen LogP contribution in [-0.4, -0.2) is 37.2 Å². The molecule has 2 aromatic rings. The van der Waals surface area contributed by atoms with E-state index in [1.165, 1.54) is 18.4 Å². The Morgan fingerprint density at radius 1 is 1.00 bits per heavy atom. The van der Waals surface area contributed by atoms with Crippen molar-refractivity contribution in [3.8, 4) is 5.75 Å². The molecule has 3 rings (SSSR count). The normalized spacial score (nSPS) is 15.9. The van der Waals surface area contributed by atoms with Gasteiger partial charge in [-0.3, -0.25) is 0 Å². The van der Waals surface area contributed by atoms with Gasteiger partial charge in [0, 0.05) is 39.2 Å². The van der Waals surface area contributed by atoms with Crippen LogP contribution in [0.25, 0.3) is 0 Å². The predicted octanol–water partition coefficient (Wildman–Crippen LogP) is 6.29. The number of nitrogens with one attached hydrogen (secondary N) is 1. The lowest BCUT2D eigenvalue weighted by Gasteiger charge is -2.33. The molecule has 1 aliphatic rings. The molecule has 2 aromatic carbocycles. The van der Waals surface area contributed by atoms with Crippen LogP contribution >= 0.6 is 0 Å². The lowest BCUT2D eigenvalue weighted by Crippen LogP contribution is -2.35. The lowest BCUT2D eigenvalue weighted by atomic mass is 9.81. The third kappa shape index (κ3) is 9.23. The molecule has 0 bridgehead atoms. The molecule has 0 saturated carbocycles. The molecule has 1 heterocycles. The Morgan fingerprint density at radius 2 is 1.74 bits per heavy atom. The predicted molar refractivity (Wildman–Crippen MR) is 142 cm³/mol. The number of hydrogen-bond donors (Lipinski definition) is 2. The van der Waals surface area contributed by atoms with Gasteiger partial charge in [0.25, 0.3) is 0 Å². The molecule has 0 aliphatic carbocycles. The van der Waals surface area contributed by atoms with Gasteiger partial charge in [-0.25, -0.2) is 0 Å². The molecular weight excluding hydrogens is 438 g/mol. The van der Waals surface area contributed by atoms with E-state index in [1.807, 2.05) is 32.0 Å². The first-order valence-corrected chi connectivity index (χ1v) is 13.2. The number of unbranched alkanes of at least 4 members (excludes halogenated alkanes) is 3. The standard InChI is InChI=1S/C30H45NO4/c1-29(2,26-13-8-7-9-14-26)17-12-20-33-19-11-6-5-10-18-31-22-27(32)24-15-16-28-25(21-24)23-34-30(3,4)35-28/h7-9,13-16,21,27,31-32H,5-6,10-12,17-20,22-23H2,1-4H3/t27-/m0/s1. The summed E-state index contributed by atoms with van der Waals surface area (Å²) in [5.41, 5.74) is 3.48. The number of aliphatic hydroxyl groups is 1. The van der Waals surface area contributed by atoms with Crippen LogP contribution in [0.4, 0.5) is 0 Å². The highest BCUT2D eigenvalue weighted by Crippen LogP contribution is 2.33. The summed E-state index contributed by atoms with van der Waals surface area (Å²) in [6.45, 7) is 12.1. The Labute approximate surface area is 212 Å². The van der Waals surface area contributed by atoms with Crippen LogP contribution in [0.3, 0.4) is 0 Å². The Morgan fingerprint density at radius 3 is 2.54 bits per heavy atom. The number of benzene rings is 2. The number of hydrogen-bond acceptors (Lipinski definition) is 5. The van der Waals surface area contributed by atoms with E-state index in [0.29, 0.717) is 13.2 Å². The fourth-order valence-corrected chi connectivity index (χ4v) is 4.48. The number of aliphatic hydroxyl groups excluding tert-OH is 1. The number of ether oxygens (including phenoxy) is 3. The summed E-state index contributed by atoms with van der Waals surface area (Å²) >= 11 is 0. The van der Waals surface area contributed by atoms with Crippen molar-refractivity contribution in [1.29, 1.82) is 0 Å². The first-order valence-electron chi connectivity index (χ1n) is 13.2. The molecule has 2 N–H and O–H groups in total. The summed E-state index contributed by atoms with van der Waals surface area (Å²) < 4.78 is 17.4. The maximum atomic E-state index is 10.5. The second kappa shape index (κ2) is 13.4. The average Bonchev–Trinajstić information content (AvgIpc) is 2.84. The van der Waals surface area contributed by atoms with E-state index >= 15 is 0 Å². The van der Waals surface area contributed by atoms with Gasteiger partial charge in [-0.15, -0.1) is 0 Å². The minimum Gasteiger partial charge on any atom is -0.463 e. The average molecular weight is 484 g/mol. The van der Waals surface area contributed by atoms with Crippen LogP contribution in [0.15, 0.2) is 48.5 Å². The van der Waals surface area contributed by atoms with Crippen LogP contribution in [0.5, 0.6) is 5.75 Å². The van der Waals surface area contributed by atoms with Crippen LogP contribution in [0, 0.1) is 0 Å². The third-order valence-corrected chi connectivity index (χ3v) is 6.78. The molecule has 1 atom stereocenters. The highest BCUT2D eigenvalue weighted by molar-refractivity contribution is 5.39. The minimum atomic E-state index is -0.597. The molecule has 0 aromatic heterocycles. The Hall–Kier alpha value is -1.92. The molecule has 0 amide bonds. The third-order valence-electron chi connectivity index (χ3n) is 6.78. The quantitative estimate of drug-likeness (QED) is 0.292. The van der Waals surface area contributed by atoms with Crippen LogP contribution in [0.1, 0.15) is 89.0 Å². The van der Waals surface area contributed by atoms with Gasteiger partial charge < -0.3 is 24.6 Å². The first-order chi connectivity index (χ1) is 16.8. The van der Waals surface area contributed by atoms with Crippen LogP contribution < -0.4 is 10.1 Å². The molecule has 0 fully saturated rings. The van der Waals surface area contributed by atoms with Crippen molar-refractivity contribution in [2.75, 3.05) is 26.3 Å². The minimum absolute atomic E-state index is 0.200. The van der Waals surface area contributed by atoms with Crippen molar-refractivity contribution in [2.45, 2.75) is 90.1 Å². The Kier molecular flexibility index (Phi) is 10.6. The topological polar surface area (TPSA) is 60.0 Å². The largest absolute Gasteiger partial charge is 0.463 e. The van der Waals surface area contributed by atoms with E-state index in [4.69, 9.17) is 14.2 Å². The molecule has 0 saturated heterocycles. The summed E-state index contributed by atoms with van der Waals surface area (Å²) in [5, 5.41) is 13.9. The first kappa shape index (κ1) is 27.7. The zero-order valence-corrected chi connectivity index (χ0v) is 22.1. The number of fused-ring (bicyclic) bond motifs is 1. The van der Waals surface area contributed by atoms with E-state index < -0.39 is 11.9 Å². The maximum absolute atomic E-state index is 10.5. The van der Waals surface area contributed by atoms with Gasteiger partial charge in [0.15, 0.2) is 0 Å². The van der Waals surface area contributed by atoms with Crippen LogP contribution in [-0.2, 0) is 21.5 Å². The second-order valence-electron chi connectivity index (χ2n) is 10.8. The number of rotatable bonds is 15. The summed E-state index contributed by atoms with van der Waals surface area (Å²) in [6, 6.07) is 16.6. The smallest absolute Gasteiger partial charge is 0.205 e. The summed E-state index contributed by atoms with van der Waals surface area (Å²) in [4.78, 5) is 0. The molecule has 0 unspecified atom stereocenters. The SMILES string of the molecule is CC1(C)OCc2cc([C@@H](O)CNCCCCCCOCCCC(C)(C)c3ccccc3)ccc2O1. The van der Waals surface area contributed by atoms with Crippen LogP contribution in [0.2, 0.25) is 0 Å². The molecule has 5 heteroatoms. The summed E-state index contributed by atoms with van der Waals surface area (Å²) in [5.74, 6) is 0.241. The van der Waals surface area contributed by atoms with Gasteiger partial charge in [-0.05, 0) is 60.9 Å². The molecule has 35 heavy (non-hydrogen) atoms. The highest BCUT2D eigenvalue weighted by atomic mass is 16.7. The van der Waals surface area contributed by atoms with Gasteiger partial charge in [-0.1, -0.05) is 63.1 Å². The fourth-order valence-electron chi connectivity index (χ4n) is 4.48. The van der Waals surface area contributed by atoms with Crippen molar-refractivity contribution in [3.05, 3.63) is 65.2 Å². The fraction of sp³-hybridized carbons (Fsp3) is 0.600. The monoisotopic (exact) mass is 483 g/mol. The Balaban J connectivity index is 1.17. The molecule has 1 aliphatic heterocycles. The maximum Gasteiger partial charge on any atom is 0.205 e. The summed E-state index contributed by atoms with van der Waals surface area (Å²) in [6.07, 6.45) is 6.28. The molecule has 0 spiro atoms.